The first-order valence-corrected chi connectivity index (χ1v) is 10.3. The third kappa shape index (κ3) is 5.22. The van der Waals surface area contributed by atoms with Crippen LogP contribution in [0.25, 0.3) is 23.0 Å². The van der Waals surface area contributed by atoms with Crippen LogP contribution in [0.4, 0.5) is 0 Å². The summed E-state index contributed by atoms with van der Waals surface area (Å²) in [6.45, 7) is 1.44. The van der Waals surface area contributed by atoms with Gasteiger partial charge in [-0.2, -0.15) is 5.10 Å². The third-order valence-corrected chi connectivity index (χ3v) is 4.91. The molecule has 164 valence electrons. The second kappa shape index (κ2) is 9.74. The van der Waals surface area contributed by atoms with Crippen LogP contribution in [0.2, 0.25) is 0 Å². The van der Waals surface area contributed by atoms with Crippen LogP contribution in [0.15, 0.2) is 91.4 Å². The Morgan fingerprint density at radius 1 is 1.03 bits per heavy atom. The van der Waals surface area contributed by atoms with Crippen LogP contribution in [-0.2, 0) is 4.79 Å². The Morgan fingerprint density at radius 3 is 2.45 bits per heavy atom. The van der Waals surface area contributed by atoms with E-state index in [2.05, 4.69) is 4.98 Å². The molecule has 0 fully saturated rings. The molecular weight excluding hydrogens is 418 g/mol. The fourth-order valence-electron chi connectivity index (χ4n) is 3.16. The van der Waals surface area contributed by atoms with E-state index in [9.17, 15) is 9.59 Å². The number of carbonyl (C=O) groups excluding carboxylic acids is 1. The van der Waals surface area contributed by atoms with Crippen molar-refractivity contribution in [2.75, 3.05) is 0 Å². The molecule has 1 unspecified atom stereocenters. The summed E-state index contributed by atoms with van der Waals surface area (Å²) in [4.78, 5) is 27.8. The fourth-order valence-corrected chi connectivity index (χ4v) is 3.16. The van der Waals surface area contributed by atoms with Gasteiger partial charge in [0.1, 0.15) is 11.4 Å². The molecule has 2 heterocycles. The first-order valence-electron chi connectivity index (χ1n) is 10.3. The minimum absolute atomic E-state index is 0.197. The predicted octanol–water partition coefficient (Wildman–Crippen LogP) is 4.68. The molecular formula is C26H21N3O4. The fraction of sp³-hybridized carbons (Fsp3) is 0.0769. The quantitative estimate of drug-likeness (QED) is 0.316. The largest absolute Gasteiger partial charge is 0.479 e. The van der Waals surface area contributed by atoms with Crippen LogP contribution in [0.5, 0.6) is 5.75 Å². The zero-order chi connectivity index (χ0) is 23.2. The van der Waals surface area contributed by atoms with Crippen molar-refractivity contribution in [1.82, 2.24) is 14.8 Å². The molecule has 0 aliphatic carbocycles. The highest BCUT2D eigenvalue weighted by Gasteiger charge is 2.13. The van der Waals surface area contributed by atoms with Crippen molar-refractivity contribution in [2.45, 2.75) is 13.0 Å². The molecule has 0 aliphatic rings. The number of carboxylic acids is 1. The zero-order valence-electron chi connectivity index (χ0n) is 17.8. The Bertz CT molecular complexity index is 1280. The molecule has 0 saturated heterocycles. The summed E-state index contributed by atoms with van der Waals surface area (Å²) in [6.07, 6.45) is 7.54. The molecule has 0 saturated carbocycles. The smallest absolute Gasteiger partial charge is 0.344 e. The van der Waals surface area contributed by atoms with E-state index in [4.69, 9.17) is 14.9 Å². The van der Waals surface area contributed by atoms with Gasteiger partial charge in [-0.05, 0) is 67.6 Å². The molecule has 33 heavy (non-hydrogen) atoms. The number of ketones is 1. The van der Waals surface area contributed by atoms with Gasteiger partial charge in [0, 0.05) is 35.3 Å². The molecule has 2 aromatic heterocycles. The second-order valence-electron chi connectivity index (χ2n) is 7.28. The number of pyridine rings is 1. The molecule has 0 aliphatic heterocycles. The predicted molar refractivity (Wildman–Crippen MR) is 124 cm³/mol. The van der Waals surface area contributed by atoms with Crippen LogP contribution >= 0.6 is 0 Å². The van der Waals surface area contributed by atoms with Gasteiger partial charge in [-0.25, -0.2) is 9.48 Å². The van der Waals surface area contributed by atoms with Crippen LogP contribution < -0.4 is 4.74 Å². The Balaban J connectivity index is 1.59. The average Bonchev–Trinajstić information content (AvgIpc) is 3.28. The Morgan fingerprint density at radius 2 is 1.79 bits per heavy atom. The molecule has 4 rings (SSSR count). The van der Waals surface area contributed by atoms with E-state index in [-0.39, 0.29) is 5.78 Å². The van der Waals surface area contributed by atoms with Gasteiger partial charge < -0.3 is 9.84 Å². The number of carboxylic acid groups (broad SMARTS) is 1. The lowest BCUT2D eigenvalue weighted by Gasteiger charge is -2.10. The van der Waals surface area contributed by atoms with Crippen molar-refractivity contribution in [1.29, 1.82) is 0 Å². The average molecular weight is 439 g/mol. The number of aromatic nitrogens is 3. The van der Waals surface area contributed by atoms with Gasteiger partial charge in [-0.3, -0.25) is 9.78 Å². The molecule has 0 spiro atoms. The number of hydrogen-bond donors (Lipinski definition) is 1. The number of para-hydroxylation sites is 1. The summed E-state index contributed by atoms with van der Waals surface area (Å²) >= 11 is 0. The van der Waals surface area contributed by atoms with E-state index < -0.39 is 12.1 Å². The minimum atomic E-state index is -1.06. The van der Waals surface area contributed by atoms with Crippen LogP contribution in [0.3, 0.4) is 0 Å². The molecule has 0 amide bonds. The van der Waals surface area contributed by atoms with Gasteiger partial charge in [-0.1, -0.05) is 18.2 Å². The number of rotatable bonds is 8. The van der Waals surface area contributed by atoms with Gasteiger partial charge >= 0.3 is 5.97 Å². The van der Waals surface area contributed by atoms with Gasteiger partial charge in [0.25, 0.3) is 0 Å². The third-order valence-electron chi connectivity index (χ3n) is 4.91. The highest BCUT2D eigenvalue weighted by Crippen LogP contribution is 2.24. The summed E-state index contributed by atoms with van der Waals surface area (Å²) in [5, 5.41) is 13.6. The molecule has 0 bridgehead atoms. The monoisotopic (exact) mass is 439 g/mol. The van der Waals surface area contributed by atoms with E-state index in [0.717, 1.165) is 16.8 Å². The summed E-state index contributed by atoms with van der Waals surface area (Å²) in [6, 6.07) is 19.8. The van der Waals surface area contributed by atoms with Crippen molar-refractivity contribution in [3.05, 3.63) is 103 Å². The number of nitrogens with zero attached hydrogens (tertiary/aromatic N) is 3. The summed E-state index contributed by atoms with van der Waals surface area (Å²) in [7, 11) is 0. The maximum atomic E-state index is 12.7. The maximum absolute atomic E-state index is 12.7. The molecule has 4 aromatic rings. The lowest BCUT2D eigenvalue weighted by molar-refractivity contribution is -0.144. The number of ether oxygens (including phenoxy) is 1. The SMILES string of the molecule is CC(Oc1ccc(C(=O)/C=C/c2cn(-c3ccccc3)nc2-c2cccnc2)cc1)C(=O)O. The van der Waals surface area contributed by atoms with Crippen LogP contribution in [0, 0.1) is 0 Å². The number of allylic oxidation sites excluding steroid dienone is 1. The number of aliphatic carboxylic acids is 1. The molecule has 2 aromatic carbocycles. The standard InChI is InChI=1S/C26H21N3O4/c1-18(26(31)32)33-23-12-9-19(10-13-23)24(30)14-11-21-17-29(22-7-3-2-4-8-22)28-25(21)20-6-5-15-27-16-20/h2-18H,1H3,(H,31,32)/b14-11+. The summed E-state index contributed by atoms with van der Waals surface area (Å²) < 4.78 is 7.07. The van der Waals surface area contributed by atoms with Crippen molar-refractivity contribution < 1.29 is 19.4 Å². The Kier molecular flexibility index (Phi) is 6.40. The number of hydrogen-bond acceptors (Lipinski definition) is 5. The van der Waals surface area contributed by atoms with Gasteiger partial charge in [0.15, 0.2) is 11.9 Å². The number of benzene rings is 2. The van der Waals surface area contributed by atoms with Crippen LogP contribution in [-0.4, -0.2) is 37.7 Å². The highest BCUT2D eigenvalue weighted by molar-refractivity contribution is 6.07. The highest BCUT2D eigenvalue weighted by atomic mass is 16.5. The van der Waals surface area contributed by atoms with Crippen molar-refractivity contribution >= 4 is 17.8 Å². The van der Waals surface area contributed by atoms with Crippen molar-refractivity contribution in [2.24, 2.45) is 0 Å². The lowest BCUT2D eigenvalue weighted by atomic mass is 10.1. The minimum Gasteiger partial charge on any atom is -0.479 e. The summed E-state index contributed by atoms with van der Waals surface area (Å²) in [5.41, 5.74) is 3.69. The lowest BCUT2D eigenvalue weighted by Crippen LogP contribution is -2.22. The Hall–Kier alpha value is -4.52. The molecule has 1 atom stereocenters. The van der Waals surface area contributed by atoms with Gasteiger partial charge in [-0.15, -0.1) is 0 Å². The Labute approximate surface area is 190 Å². The normalized spacial score (nSPS) is 11.9. The second-order valence-corrected chi connectivity index (χ2v) is 7.28. The zero-order valence-corrected chi connectivity index (χ0v) is 17.8. The topological polar surface area (TPSA) is 94.3 Å². The molecule has 7 nitrogen and oxygen atoms in total. The van der Waals surface area contributed by atoms with Gasteiger partial charge in [0.05, 0.1) is 5.69 Å². The van der Waals surface area contributed by atoms with Gasteiger partial charge in [0.2, 0.25) is 0 Å². The molecule has 7 heteroatoms. The maximum Gasteiger partial charge on any atom is 0.344 e. The first kappa shape index (κ1) is 21.7. The van der Waals surface area contributed by atoms with Crippen molar-refractivity contribution in [3.63, 3.8) is 0 Å². The summed E-state index contributed by atoms with van der Waals surface area (Å²) in [5.74, 6) is -0.871. The first-order chi connectivity index (χ1) is 16.0. The number of carbonyl (C=O) groups is 2. The van der Waals surface area contributed by atoms with E-state index >= 15 is 0 Å². The van der Waals surface area contributed by atoms with E-state index in [0.29, 0.717) is 17.0 Å². The molecule has 0 radical (unpaired) electrons. The molecule has 1 N–H and O–H groups in total. The van der Waals surface area contributed by atoms with E-state index in [1.165, 1.54) is 13.0 Å². The van der Waals surface area contributed by atoms with Crippen LogP contribution in [0.1, 0.15) is 22.8 Å². The van der Waals surface area contributed by atoms with E-state index in [1.54, 1.807) is 47.4 Å². The van der Waals surface area contributed by atoms with E-state index in [1.807, 2.05) is 48.7 Å². The van der Waals surface area contributed by atoms with Crippen molar-refractivity contribution in [3.8, 4) is 22.7 Å².